The van der Waals surface area contributed by atoms with Crippen molar-refractivity contribution in [1.82, 2.24) is 5.32 Å². The fourth-order valence-electron chi connectivity index (χ4n) is 1.83. The summed E-state index contributed by atoms with van der Waals surface area (Å²) in [7, 11) is 1.55. The monoisotopic (exact) mass is 318 g/mol. The second kappa shape index (κ2) is 7.47. The second-order valence-corrected chi connectivity index (χ2v) is 4.89. The quantitative estimate of drug-likeness (QED) is 0.852. The number of amides is 2. The molecule has 22 heavy (non-hydrogen) atoms. The van der Waals surface area contributed by atoms with E-state index in [0.29, 0.717) is 16.5 Å². The van der Waals surface area contributed by atoms with E-state index in [1.165, 1.54) is 0 Å². The van der Waals surface area contributed by atoms with Crippen LogP contribution >= 0.6 is 11.6 Å². The van der Waals surface area contributed by atoms with E-state index >= 15 is 0 Å². The molecule has 0 aliphatic rings. The summed E-state index contributed by atoms with van der Waals surface area (Å²) in [5.41, 5.74) is 1.29. The van der Waals surface area contributed by atoms with E-state index in [2.05, 4.69) is 10.6 Å². The predicted molar refractivity (Wildman–Crippen MR) is 84.9 cm³/mol. The van der Waals surface area contributed by atoms with Gasteiger partial charge in [-0.2, -0.15) is 0 Å². The van der Waals surface area contributed by atoms with E-state index in [9.17, 15) is 9.59 Å². The Labute approximate surface area is 133 Å². The first kappa shape index (κ1) is 15.9. The first-order valence-corrected chi connectivity index (χ1v) is 6.94. The number of halogens is 1. The van der Waals surface area contributed by atoms with Crippen molar-refractivity contribution in [2.45, 2.75) is 6.54 Å². The summed E-state index contributed by atoms with van der Waals surface area (Å²) in [5.74, 6) is -0.806. The highest BCUT2D eigenvalue weighted by molar-refractivity contribution is 6.39. The maximum absolute atomic E-state index is 11.8. The van der Waals surface area contributed by atoms with Gasteiger partial charge in [0.2, 0.25) is 0 Å². The summed E-state index contributed by atoms with van der Waals surface area (Å²) >= 11 is 5.75. The predicted octanol–water partition coefficient (Wildman–Crippen LogP) is 2.60. The van der Waals surface area contributed by atoms with Gasteiger partial charge in [-0.3, -0.25) is 9.59 Å². The lowest BCUT2D eigenvalue weighted by atomic mass is 10.2. The number of hydrogen-bond acceptors (Lipinski definition) is 3. The standard InChI is InChI=1S/C16H15ClN2O3/c1-22-14-5-3-2-4-11(14)10-18-15(20)16(21)19-13-8-6-12(17)7-9-13/h2-9H,10H2,1H3,(H,18,20)(H,19,21). The van der Waals surface area contributed by atoms with Gasteiger partial charge in [-0.25, -0.2) is 0 Å². The molecule has 0 fully saturated rings. The molecule has 0 saturated heterocycles. The van der Waals surface area contributed by atoms with Crippen LogP contribution in [-0.4, -0.2) is 18.9 Å². The van der Waals surface area contributed by atoms with Gasteiger partial charge in [-0.15, -0.1) is 0 Å². The number of benzene rings is 2. The maximum Gasteiger partial charge on any atom is 0.313 e. The van der Waals surface area contributed by atoms with Crippen LogP contribution in [0.2, 0.25) is 5.02 Å². The lowest BCUT2D eigenvalue weighted by Crippen LogP contribution is -2.35. The van der Waals surface area contributed by atoms with E-state index < -0.39 is 11.8 Å². The minimum absolute atomic E-state index is 0.205. The van der Waals surface area contributed by atoms with Gasteiger partial charge >= 0.3 is 11.8 Å². The lowest BCUT2D eigenvalue weighted by Gasteiger charge is -2.09. The Balaban J connectivity index is 1.91. The van der Waals surface area contributed by atoms with Gasteiger partial charge < -0.3 is 15.4 Å². The van der Waals surface area contributed by atoms with Gasteiger partial charge in [0.1, 0.15) is 5.75 Å². The number of hydrogen-bond donors (Lipinski definition) is 2. The number of methoxy groups -OCH3 is 1. The Hall–Kier alpha value is -2.53. The molecular formula is C16H15ClN2O3. The molecule has 2 aromatic carbocycles. The van der Waals surface area contributed by atoms with Crippen molar-refractivity contribution in [2.24, 2.45) is 0 Å². The van der Waals surface area contributed by atoms with E-state index in [-0.39, 0.29) is 6.54 Å². The molecule has 0 aliphatic carbocycles. The molecule has 114 valence electrons. The zero-order chi connectivity index (χ0) is 15.9. The highest BCUT2D eigenvalue weighted by Gasteiger charge is 2.14. The number of carbonyl (C=O) groups is 2. The molecule has 2 amide bonds. The molecule has 2 rings (SSSR count). The third-order valence-corrected chi connectivity index (χ3v) is 3.19. The number of anilines is 1. The molecular weight excluding hydrogens is 304 g/mol. The van der Waals surface area contributed by atoms with Crippen molar-refractivity contribution >= 4 is 29.1 Å². The Kier molecular flexibility index (Phi) is 5.38. The highest BCUT2D eigenvalue weighted by Crippen LogP contribution is 2.16. The third kappa shape index (κ3) is 4.23. The number of carbonyl (C=O) groups excluding carboxylic acids is 2. The zero-order valence-electron chi connectivity index (χ0n) is 11.9. The normalized spacial score (nSPS) is 9.91. The molecule has 0 radical (unpaired) electrons. The van der Waals surface area contributed by atoms with Crippen LogP contribution in [0, 0.1) is 0 Å². The van der Waals surface area contributed by atoms with Gasteiger partial charge in [0.05, 0.1) is 7.11 Å². The van der Waals surface area contributed by atoms with Gasteiger partial charge in [0.15, 0.2) is 0 Å². The largest absolute Gasteiger partial charge is 0.496 e. The van der Waals surface area contributed by atoms with Crippen molar-refractivity contribution in [1.29, 1.82) is 0 Å². The fourth-order valence-corrected chi connectivity index (χ4v) is 1.95. The lowest BCUT2D eigenvalue weighted by molar-refractivity contribution is -0.136. The Bertz CT molecular complexity index is 671. The van der Waals surface area contributed by atoms with Gasteiger partial charge in [-0.05, 0) is 30.3 Å². The molecule has 2 N–H and O–H groups in total. The number of nitrogens with one attached hydrogen (secondary N) is 2. The van der Waals surface area contributed by atoms with E-state index in [4.69, 9.17) is 16.3 Å². The number of para-hydroxylation sites is 1. The summed E-state index contributed by atoms with van der Waals surface area (Å²) in [5, 5.41) is 5.60. The van der Waals surface area contributed by atoms with E-state index in [0.717, 1.165) is 5.56 Å². The average molecular weight is 319 g/mol. The second-order valence-electron chi connectivity index (χ2n) is 4.46. The van der Waals surface area contributed by atoms with Crippen molar-refractivity contribution in [3.05, 3.63) is 59.1 Å². The third-order valence-electron chi connectivity index (χ3n) is 2.94. The van der Waals surface area contributed by atoms with Crippen LogP contribution in [0.4, 0.5) is 5.69 Å². The molecule has 0 atom stereocenters. The van der Waals surface area contributed by atoms with Crippen LogP contribution in [0.15, 0.2) is 48.5 Å². The molecule has 0 bridgehead atoms. The molecule has 0 aromatic heterocycles. The van der Waals surface area contributed by atoms with Crippen LogP contribution < -0.4 is 15.4 Å². The minimum atomic E-state index is -0.739. The average Bonchev–Trinajstić information content (AvgIpc) is 2.54. The number of ether oxygens (including phenoxy) is 1. The van der Waals surface area contributed by atoms with Gasteiger partial charge in [-0.1, -0.05) is 29.8 Å². The molecule has 0 spiro atoms. The SMILES string of the molecule is COc1ccccc1CNC(=O)C(=O)Nc1ccc(Cl)cc1. The minimum Gasteiger partial charge on any atom is -0.496 e. The zero-order valence-corrected chi connectivity index (χ0v) is 12.7. The summed E-state index contributed by atoms with van der Waals surface area (Å²) in [6.07, 6.45) is 0. The Morgan fingerprint density at radius 3 is 2.41 bits per heavy atom. The Morgan fingerprint density at radius 1 is 1.05 bits per heavy atom. The summed E-state index contributed by atoms with van der Waals surface area (Å²) in [4.78, 5) is 23.6. The topological polar surface area (TPSA) is 67.4 Å². The van der Waals surface area contributed by atoms with Crippen LogP contribution in [0.3, 0.4) is 0 Å². The number of rotatable bonds is 4. The molecule has 5 nitrogen and oxygen atoms in total. The molecule has 6 heteroatoms. The molecule has 0 unspecified atom stereocenters. The summed E-state index contributed by atoms with van der Waals surface area (Å²) in [6, 6.07) is 13.8. The summed E-state index contributed by atoms with van der Waals surface area (Å²) in [6.45, 7) is 0.205. The first-order chi connectivity index (χ1) is 10.6. The van der Waals surface area contributed by atoms with Crippen LogP contribution in [-0.2, 0) is 16.1 Å². The van der Waals surface area contributed by atoms with E-state index in [1.54, 1.807) is 37.4 Å². The van der Waals surface area contributed by atoms with Crippen molar-refractivity contribution in [3.63, 3.8) is 0 Å². The maximum atomic E-state index is 11.8. The smallest absolute Gasteiger partial charge is 0.313 e. The van der Waals surface area contributed by atoms with Gasteiger partial charge in [0.25, 0.3) is 0 Å². The molecule has 2 aromatic rings. The molecule has 0 aliphatic heterocycles. The van der Waals surface area contributed by atoms with Crippen LogP contribution in [0.25, 0.3) is 0 Å². The molecule has 0 saturated carbocycles. The molecule has 0 heterocycles. The summed E-state index contributed by atoms with van der Waals surface area (Å²) < 4.78 is 5.18. The van der Waals surface area contributed by atoms with Crippen molar-refractivity contribution in [2.75, 3.05) is 12.4 Å². The highest BCUT2D eigenvalue weighted by atomic mass is 35.5. The van der Waals surface area contributed by atoms with Crippen LogP contribution in [0.5, 0.6) is 5.75 Å². The fraction of sp³-hybridized carbons (Fsp3) is 0.125. The van der Waals surface area contributed by atoms with Crippen molar-refractivity contribution in [3.8, 4) is 5.75 Å². The van der Waals surface area contributed by atoms with Gasteiger partial charge in [0, 0.05) is 22.8 Å². The Morgan fingerprint density at radius 2 is 1.73 bits per heavy atom. The van der Waals surface area contributed by atoms with Crippen molar-refractivity contribution < 1.29 is 14.3 Å². The first-order valence-electron chi connectivity index (χ1n) is 6.57. The van der Waals surface area contributed by atoms with Crippen LogP contribution in [0.1, 0.15) is 5.56 Å². The van der Waals surface area contributed by atoms with E-state index in [1.807, 2.05) is 18.2 Å².